The summed E-state index contributed by atoms with van der Waals surface area (Å²) >= 11 is 0. The molecule has 2 rings (SSSR count). The standard InChI is InChI=1S/C11H10F3N3O2/c1-5(2)6-4-15-17-8(11(12,13)14)3-7(10(18)19)16-9(6)17/h3-5H,1-2H3,(H,18,19). The number of carboxylic acids is 1. The first kappa shape index (κ1) is 13.3. The SMILES string of the molecule is CC(C)c1cnn2c(C(F)(F)F)cc(C(=O)O)nc12. The van der Waals surface area contributed by atoms with Gasteiger partial charge in [-0.2, -0.15) is 18.3 Å². The highest BCUT2D eigenvalue weighted by Crippen LogP contribution is 2.31. The monoisotopic (exact) mass is 273 g/mol. The summed E-state index contributed by atoms with van der Waals surface area (Å²) in [6.07, 6.45) is -3.43. The van der Waals surface area contributed by atoms with Crippen LogP contribution in [0.1, 0.15) is 41.5 Å². The molecule has 0 fully saturated rings. The molecule has 19 heavy (non-hydrogen) atoms. The summed E-state index contributed by atoms with van der Waals surface area (Å²) in [4.78, 5) is 14.6. The fraction of sp³-hybridized carbons (Fsp3) is 0.364. The van der Waals surface area contributed by atoms with Crippen molar-refractivity contribution in [3.8, 4) is 0 Å². The molecule has 0 aliphatic carbocycles. The number of alkyl halides is 3. The third-order valence-corrected chi connectivity index (χ3v) is 2.63. The van der Waals surface area contributed by atoms with E-state index in [-0.39, 0.29) is 11.6 Å². The van der Waals surface area contributed by atoms with Gasteiger partial charge in [-0.15, -0.1) is 0 Å². The number of hydrogen-bond acceptors (Lipinski definition) is 3. The van der Waals surface area contributed by atoms with E-state index >= 15 is 0 Å². The van der Waals surface area contributed by atoms with Crippen molar-refractivity contribution >= 4 is 11.6 Å². The molecule has 0 aromatic carbocycles. The van der Waals surface area contributed by atoms with Crippen LogP contribution >= 0.6 is 0 Å². The van der Waals surface area contributed by atoms with Crippen LogP contribution < -0.4 is 0 Å². The van der Waals surface area contributed by atoms with E-state index in [9.17, 15) is 18.0 Å². The van der Waals surface area contributed by atoms with Crippen LogP contribution in [0.3, 0.4) is 0 Å². The van der Waals surface area contributed by atoms with Gasteiger partial charge in [0.1, 0.15) is 0 Å². The van der Waals surface area contributed by atoms with E-state index in [0.29, 0.717) is 16.1 Å². The van der Waals surface area contributed by atoms with Crippen LogP contribution in [0.4, 0.5) is 13.2 Å². The predicted octanol–water partition coefficient (Wildman–Crippen LogP) is 2.57. The second-order valence-electron chi connectivity index (χ2n) is 4.32. The largest absolute Gasteiger partial charge is 0.477 e. The molecule has 0 aliphatic rings. The summed E-state index contributed by atoms with van der Waals surface area (Å²) in [6.45, 7) is 3.53. The maximum Gasteiger partial charge on any atom is 0.433 e. The van der Waals surface area contributed by atoms with Gasteiger partial charge >= 0.3 is 12.1 Å². The van der Waals surface area contributed by atoms with Crippen LogP contribution in [-0.4, -0.2) is 25.7 Å². The number of fused-ring (bicyclic) bond motifs is 1. The molecule has 0 amide bonds. The summed E-state index contributed by atoms with van der Waals surface area (Å²) in [7, 11) is 0. The Labute approximate surface area is 105 Å². The summed E-state index contributed by atoms with van der Waals surface area (Å²) in [6, 6.07) is 0.479. The number of nitrogens with zero attached hydrogens (tertiary/aromatic N) is 3. The predicted molar refractivity (Wildman–Crippen MR) is 59.0 cm³/mol. The molecule has 0 spiro atoms. The number of carbonyl (C=O) groups is 1. The van der Waals surface area contributed by atoms with Crippen LogP contribution in [-0.2, 0) is 6.18 Å². The molecule has 102 valence electrons. The van der Waals surface area contributed by atoms with Gasteiger partial charge in [-0.25, -0.2) is 14.3 Å². The molecule has 0 atom stereocenters. The van der Waals surface area contributed by atoms with E-state index in [2.05, 4.69) is 10.1 Å². The zero-order valence-electron chi connectivity index (χ0n) is 10.1. The van der Waals surface area contributed by atoms with Crippen molar-refractivity contribution in [2.75, 3.05) is 0 Å². The molecular formula is C11H10F3N3O2. The van der Waals surface area contributed by atoms with Crippen molar-refractivity contribution in [2.24, 2.45) is 0 Å². The number of carboxylic acid groups (broad SMARTS) is 1. The van der Waals surface area contributed by atoms with Gasteiger partial charge in [-0.3, -0.25) is 0 Å². The van der Waals surface area contributed by atoms with Crippen molar-refractivity contribution in [1.29, 1.82) is 0 Å². The van der Waals surface area contributed by atoms with Crippen LogP contribution in [0.2, 0.25) is 0 Å². The van der Waals surface area contributed by atoms with Crippen LogP contribution in [0, 0.1) is 0 Å². The highest BCUT2D eigenvalue weighted by molar-refractivity contribution is 5.86. The highest BCUT2D eigenvalue weighted by atomic mass is 19.4. The molecule has 0 unspecified atom stereocenters. The Morgan fingerprint density at radius 2 is 2.05 bits per heavy atom. The smallest absolute Gasteiger partial charge is 0.433 e. The maximum atomic E-state index is 12.9. The molecular weight excluding hydrogens is 263 g/mol. The molecule has 2 heterocycles. The second-order valence-corrected chi connectivity index (χ2v) is 4.32. The van der Waals surface area contributed by atoms with E-state index in [1.54, 1.807) is 13.8 Å². The number of aromatic nitrogens is 3. The lowest BCUT2D eigenvalue weighted by Gasteiger charge is -2.10. The lowest BCUT2D eigenvalue weighted by atomic mass is 10.1. The van der Waals surface area contributed by atoms with Gasteiger partial charge in [0.25, 0.3) is 0 Å². The van der Waals surface area contributed by atoms with Gasteiger partial charge in [-0.05, 0) is 5.92 Å². The Bertz CT molecular complexity index is 646. The minimum absolute atomic E-state index is 0.0813. The van der Waals surface area contributed by atoms with Crippen molar-refractivity contribution in [1.82, 2.24) is 14.6 Å². The third-order valence-electron chi connectivity index (χ3n) is 2.63. The zero-order valence-corrected chi connectivity index (χ0v) is 10.1. The Morgan fingerprint density at radius 1 is 1.42 bits per heavy atom. The van der Waals surface area contributed by atoms with Gasteiger partial charge in [-0.1, -0.05) is 13.8 Å². The van der Waals surface area contributed by atoms with Crippen molar-refractivity contribution in [3.05, 3.63) is 29.2 Å². The fourth-order valence-electron chi connectivity index (χ4n) is 1.70. The van der Waals surface area contributed by atoms with E-state index in [0.717, 1.165) is 0 Å². The molecule has 0 aliphatic heterocycles. The van der Waals surface area contributed by atoms with Gasteiger partial charge in [0, 0.05) is 11.6 Å². The van der Waals surface area contributed by atoms with Gasteiger partial charge in [0.2, 0.25) is 0 Å². The number of aromatic carboxylic acids is 1. The summed E-state index contributed by atoms with van der Waals surface area (Å²) in [5.41, 5.74) is -1.42. The maximum absolute atomic E-state index is 12.9. The summed E-state index contributed by atoms with van der Waals surface area (Å²) in [5, 5.41) is 12.5. The number of rotatable bonds is 2. The van der Waals surface area contributed by atoms with Crippen molar-refractivity contribution < 1.29 is 23.1 Å². The van der Waals surface area contributed by atoms with Crippen LogP contribution in [0.5, 0.6) is 0 Å². The average molecular weight is 273 g/mol. The first-order valence-electron chi connectivity index (χ1n) is 5.41. The quantitative estimate of drug-likeness (QED) is 0.913. The van der Waals surface area contributed by atoms with Crippen molar-refractivity contribution in [3.63, 3.8) is 0 Å². The van der Waals surface area contributed by atoms with Crippen molar-refractivity contribution in [2.45, 2.75) is 25.9 Å². The molecule has 0 bridgehead atoms. The summed E-state index contributed by atoms with van der Waals surface area (Å²) < 4.78 is 39.3. The zero-order chi connectivity index (χ0) is 14.4. The first-order chi connectivity index (χ1) is 8.71. The third kappa shape index (κ3) is 2.25. The summed E-state index contributed by atoms with van der Waals surface area (Å²) in [5.74, 6) is -1.63. The molecule has 8 heteroatoms. The van der Waals surface area contributed by atoms with Gasteiger partial charge in [0.15, 0.2) is 17.0 Å². The minimum Gasteiger partial charge on any atom is -0.477 e. The molecule has 5 nitrogen and oxygen atoms in total. The van der Waals surface area contributed by atoms with Gasteiger partial charge in [0.05, 0.1) is 6.20 Å². The molecule has 0 saturated heterocycles. The van der Waals surface area contributed by atoms with Crippen LogP contribution in [0.15, 0.2) is 12.3 Å². The number of halogens is 3. The van der Waals surface area contributed by atoms with E-state index in [1.807, 2.05) is 0 Å². The molecule has 0 radical (unpaired) electrons. The lowest BCUT2D eigenvalue weighted by Crippen LogP contribution is -2.16. The van der Waals surface area contributed by atoms with Gasteiger partial charge < -0.3 is 5.11 Å². The fourth-order valence-corrected chi connectivity index (χ4v) is 1.70. The second kappa shape index (κ2) is 4.22. The van der Waals surface area contributed by atoms with Crippen LogP contribution in [0.25, 0.3) is 5.65 Å². The highest BCUT2D eigenvalue weighted by Gasteiger charge is 2.36. The average Bonchev–Trinajstić information content (AvgIpc) is 2.69. The Balaban J connectivity index is 2.84. The molecule has 2 aromatic rings. The Hall–Kier alpha value is -2.12. The van der Waals surface area contributed by atoms with E-state index < -0.39 is 23.5 Å². The normalized spacial score (nSPS) is 12.3. The number of hydrogen-bond donors (Lipinski definition) is 1. The topological polar surface area (TPSA) is 67.5 Å². The Kier molecular flexibility index (Phi) is 2.95. The van der Waals surface area contributed by atoms with E-state index in [1.165, 1.54) is 6.20 Å². The Morgan fingerprint density at radius 3 is 2.53 bits per heavy atom. The minimum atomic E-state index is -4.70. The molecule has 1 N–H and O–H groups in total. The lowest BCUT2D eigenvalue weighted by molar-refractivity contribution is -0.142. The van der Waals surface area contributed by atoms with E-state index in [4.69, 9.17) is 5.11 Å². The molecule has 0 saturated carbocycles. The first-order valence-corrected chi connectivity index (χ1v) is 5.41. The molecule has 2 aromatic heterocycles.